The molecular formula is C31H28N6O2S2. The van der Waals surface area contributed by atoms with Gasteiger partial charge in [0.1, 0.15) is 5.75 Å². The molecule has 0 radical (unpaired) electrons. The Morgan fingerprint density at radius 1 is 1.02 bits per heavy atom. The van der Waals surface area contributed by atoms with E-state index < -0.39 is 0 Å². The second kappa shape index (κ2) is 11.5. The molecule has 1 saturated heterocycles. The standard InChI is InChI=1S/C31H28N6O2S2/c1-20-18-25(21(2)36(20)31-33-16-17-41-31)29-28(26-10-6-7-15-32-26)35-30(40)37(29)23-13-11-22(12-14-23)34-27(38)19-39-24-8-4-3-5-9-24/h3-18,28-29H,19H2,1-2H3,(H,34,38)(H,35,40)/t28-,29-/m1/s1. The summed E-state index contributed by atoms with van der Waals surface area (Å²) in [6, 6.07) is 24.8. The summed E-state index contributed by atoms with van der Waals surface area (Å²) in [5.41, 5.74) is 5.82. The van der Waals surface area contributed by atoms with Crippen molar-refractivity contribution in [2.75, 3.05) is 16.8 Å². The molecule has 0 unspecified atom stereocenters. The van der Waals surface area contributed by atoms with E-state index in [1.54, 1.807) is 17.5 Å². The molecule has 1 amide bonds. The summed E-state index contributed by atoms with van der Waals surface area (Å²) in [6.45, 7) is 4.14. The molecule has 0 spiro atoms. The molecule has 1 aliphatic heterocycles. The van der Waals surface area contributed by atoms with Gasteiger partial charge >= 0.3 is 0 Å². The van der Waals surface area contributed by atoms with Crippen LogP contribution in [0.3, 0.4) is 0 Å². The summed E-state index contributed by atoms with van der Waals surface area (Å²) in [7, 11) is 0. The highest BCUT2D eigenvalue weighted by Gasteiger charge is 2.42. The third-order valence-corrected chi connectivity index (χ3v) is 8.11. The lowest BCUT2D eigenvalue weighted by molar-refractivity contribution is -0.118. The minimum Gasteiger partial charge on any atom is -0.484 e. The monoisotopic (exact) mass is 580 g/mol. The van der Waals surface area contributed by atoms with Crippen molar-refractivity contribution in [3.05, 3.63) is 119 Å². The van der Waals surface area contributed by atoms with Gasteiger partial charge in [-0.2, -0.15) is 0 Å². The third-order valence-electron chi connectivity index (χ3n) is 7.04. The van der Waals surface area contributed by atoms with Crippen LogP contribution in [0.5, 0.6) is 5.75 Å². The number of nitrogens with one attached hydrogen (secondary N) is 2. The van der Waals surface area contributed by atoms with Gasteiger partial charge in [-0.1, -0.05) is 24.3 Å². The van der Waals surface area contributed by atoms with E-state index in [9.17, 15) is 4.79 Å². The Hall–Kier alpha value is -4.54. The van der Waals surface area contributed by atoms with E-state index in [0.29, 0.717) is 16.5 Å². The van der Waals surface area contributed by atoms with Gasteiger partial charge in [0.15, 0.2) is 16.9 Å². The zero-order chi connectivity index (χ0) is 28.3. The molecule has 5 aromatic rings. The Bertz CT molecular complexity index is 1650. The molecule has 0 aliphatic carbocycles. The summed E-state index contributed by atoms with van der Waals surface area (Å²) < 4.78 is 7.75. The van der Waals surface area contributed by atoms with Gasteiger partial charge in [-0.3, -0.25) is 14.3 Å². The molecule has 3 aromatic heterocycles. The Labute approximate surface area is 247 Å². The number of nitrogens with zero attached hydrogens (tertiary/aromatic N) is 4. The smallest absolute Gasteiger partial charge is 0.262 e. The van der Waals surface area contributed by atoms with Gasteiger partial charge in [0, 0.05) is 40.5 Å². The van der Waals surface area contributed by atoms with Crippen LogP contribution in [-0.4, -0.2) is 32.2 Å². The van der Waals surface area contributed by atoms with E-state index in [1.807, 2.05) is 84.4 Å². The molecule has 41 heavy (non-hydrogen) atoms. The Balaban J connectivity index is 1.29. The van der Waals surface area contributed by atoms with Crippen LogP contribution in [0.1, 0.15) is 34.7 Å². The molecule has 10 heteroatoms. The first kappa shape index (κ1) is 26.7. The number of aryl methyl sites for hydroxylation is 1. The maximum Gasteiger partial charge on any atom is 0.262 e. The van der Waals surface area contributed by atoms with Crippen LogP contribution in [0.25, 0.3) is 5.13 Å². The summed E-state index contributed by atoms with van der Waals surface area (Å²) in [6.07, 6.45) is 3.62. The van der Waals surface area contributed by atoms with E-state index in [2.05, 4.69) is 50.0 Å². The number of aromatic nitrogens is 3. The first-order chi connectivity index (χ1) is 20.0. The predicted octanol–water partition coefficient (Wildman–Crippen LogP) is 6.14. The number of thiazole rings is 1. The predicted molar refractivity (Wildman–Crippen MR) is 166 cm³/mol. The lowest BCUT2D eigenvalue weighted by Crippen LogP contribution is -2.29. The van der Waals surface area contributed by atoms with Crippen molar-refractivity contribution in [3.8, 4) is 10.9 Å². The normalized spacial score (nSPS) is 16.4. The third kappa shape index (κ3) is 5.44. The van der Waals surface area contributed by atoms with Crippen molar-refractivity contribution in [2.24, 2.45) is 0 Å². The highest BCUT2D eigenvalue weighted by atomic mass is 32.1. The maximum absolute atomic E-state index is 12.5. The minimum atomic E-state index is -0.234. The fraction of sp³-hybridized carbons (Fsp3) is 0.161. The summed E-state index contributed by atoms with van der Waals surface area (Å²) in [5, 5.41) is 9.95. The Kier molecular flexibility index (Phi) is 7.49. The van der Waals surface area contributed by atoms with Gasteiger partial charge in [-0.05, 0) is 86.2 Å². The van der Waals surface area contributed by atoms with Crippen LogP contribution >= 0.6 is 23.6 Å². The number of para-hydroxylation sites is 1. The lowest BCUT2D eigenvalue weighted by Gasteiger charge is -2.28. The van der Waals surface area contributed by atoms with E-state index in [4.69, 9.17) is 17.0 Å². The molecule has 206 valence electrons. The second-order valence-electron chi connectivity index (χ2n) is 9.67. The first-order valence-corrected chi connectivity index (χ1v) is 14.5. The number of thiocarbonyl (C=S) groups is 1. The first-order valence-electron chi connectivity index (χ1n) is 13.2. The van der Waals surface area contributed by atoms with Gasteiger partial charge in [-0.15, -0.1) is 11.3 Å². The average Bonchev–Trinajstić information content (AvgIpc) is 3.71. The molecular weight excluding hydrogens is 553 g/mol. The number of amides is 1. The van der Waals surface area contributed by atoms with Gasteiger partial charge in [0.25, 0.3) is 5.91 Å². The van der Waals surface area contributed by atoms with Gasteiger partial charge in [0.2, 0.25) is 0 Å². The number of pyridine rings is 1. The van der Waals surface area contributed by atoms with Crippen LogP contribution in [0.2, 0.25) is 0 Å². The van der Waals surface area contributed by atoms with Crippen LogP contribution in [0.4, 0.5) is 11.4 Å². The highest BCUT2D eigenvalue weighted by molar-refractivity contribution is 7.80. The van der Waals surface area contributed by atoms with E-state index >= 15 is 0 Å². The van der Waals surface area contributed by atoms with Gasteiger partial charge in [0.05, 0.1) is 17.8 Å². The zero-order valence-corrected chi connectivity index (χ0v) is 24.2. The number of carbonyl (C=O) groups is 1. The fourth-order valence-corrected chi connectivity index (χ4v) is 6.32. The maximum atomic E-state index is 12.5. The van der Waals surface area contributed by atoms with Crippen LogP contribution in [0, 0.1) is 13.8 Å². The molecule has 2 N–H and O–H groups in total. The number of ether oxygens (including phenoxy) is 1. The molecule has 6 rings (SSSR count). The molecule has 4 heterocycles. The van der Waals surface area contributed by atoms with Crippen LogP contribution in [-0.2, 0) is 4.79 Å². The molecule has 8 nitrogen and oxygen atoms in total. The molecule has 1 aliphatic rings. The van der Waals surface area contributed by atoms with Crippen LogP contribution < -0.4 is 20.3 Å². The number of benzene rings is 2. The average molecular weight is 581 g/mol. The molecule has 2 aromatic carbocycles. The van der Waals surface area contributed by atoms with Crippen molar-refractivity contribution in [1.82, 2.24) is 19.9 Å². The van der Waals surface area contributed by atoms with E-state index in [0.717, 1.165) is 33.5 Å². The minimum absolute atomic E-state index is 0.0750. The topological polar surface area (TPSA) is 84.3 Å². The number of hydrogen-bond donors (Lipinski definition) is 2. The summed E-state index contributed by atoms with van der Waals surface area (Å²) in [4.78, 5) is 23.8. The SMILES string of the molecule is Cc1cc([C@@H]2[C@@H](c3ccccn3)NC(=S)N2c2ccc(NC(=O)COc3ccccc3)cc2)c(C)n1-c1nccs1. The highest BCUT2D eigenvalue weighted by Crippen LogP contribution is 2.44. The summed E-state index contributed by atoms with van der Waals surface area (Å²) in [5.74, 6) is 0.415. The Morgan fingerprint density at radius 2 is 1.80 bits per heavy atom. The fourth-order valence-electron chi connectivity index (χ4n) is 5.22. The molecule has 1 fully saturated rings. The lowest BCUT2D eigenvalue weighted by atomic mass is 9.96. The van der Waals surface area contributed by atoms with Crippen molar-refractivity contribution in [1.29, 1.82) is 0 Å². The van der Waals surface area contributed by atoms with E-state index in [-0.39, 0.29) is 24.6 Å². The van der Waals surface area contributed by atoms with Crippen molar-refractivity contribution in [2.45, 2.75) is 25.9 Å². The number of anilines is 2. The molecule has 0 saturated carbocycles. The van der Waals surface area contributed by atoms with Crippen molar-refractivity contribution in [3.63, 3.8) is 0 Å². The molecule has 2 atom stereocenters. The number of hydrogen-bond acceptors (Lipinski definition) is 6. The molecule has 0 bridgehead atoms. The zero-order valence-electron chi connectivity index (χ0n) is 22.5. The summed E-state index contributed by atoms with van der Waals surface area (Å²) >= 11 is 7.51. The van der Waals surface area contributed by atoms with Crippen LogP contribution in [0.15, 0.2) is 96.6 Å². The number of rotatable bonds is 8. The Morgan fingerprint density at radius 3 is 2.51 bits per heavy atom. The van der Waals surface area contributed by atoms with E-state index in [1.165, 1.54) is 0 Å². The van der Waals surface area contributed by atoms with Gasteiger partial charge < -0.3 is 20.3 Å². The second-order valence-corrected chi connectivity index (χ2v) is 10.9. The quantitative estimate of drug-likeness (QED) is 0.213. The van der Waals surface area contributed by atoms with Gasteiger partial charge in [-0.25, -0.2) is 4.98 Å². The largest absolute Gasteiger partial charge is 0.484 e. The van der Waals surface area contributed by atoms with Crippen molar-refractivity contribution < 1.29 is 9.53 Å². The number of carbonyl (C=O) groups excluding carboxylic acids is 1. The van der Waals surface area contributed by atoms with Crippen molar-refractivity contribution >= 4 is 45.9 Å².